The summed E-state index contributed by atoms with van der Waals surface area (Å²) in [5, 5.41) is 3.60. The summed E-state index contributed by atoms with van der Waals surface area (Å²) in [7, 11) is 0. The maximum Gasteiger partial charge on any atom is 0.120 e. The molecule has 0 aromatic heterocycles. The van der Waals surface area contributed by atoms with Crippen LogP contribution >= 0.6 is 15.9 Å². The first-order valence-electron chi connectivity index (χ1n) is 6.85. The van der Waals surface area contributed by atoms with Crippen molar-refractivity contribution in [3.05, 3.63) is 28.2 Å². The summed E-state index contributed by atoms with van der Waals surface area (Å²) >= 11 is 3.60. The quantitative estimate of drug-likeness (QED) is 0.912. The third-order valence-corrected chi connectivity index (χ3v) is 4.52. The Labute approximate surface area is 117 Å². The fourth-order valence-electron chi connectivity index (χ4n) is 2.60. The Hall–Kier alpha value is -0.540. The fourth-order valence-corrected chi connectivity index (χ4v) is 3.08. The molecule has 1 aromatic rings. The molecule has 18 heavy (non-hydrogen) atoms. The monoisotopic (exact) mass is 309 g/mol. The van der Waals surface area contributed by atoms with Gasteiger partial charge in [0.2, 0.25) is 0 Å². The first-order valence-corrected chi connectivity index (χ1v) is 7.64. The number of nitrogens with one attached hydrogen (secondary N) is 1. The van der Waals surface area contributed by atoms with Gasteiger partial charge in [-0.25, -0.2) is 0 Å². The molecule has 1 saturated heterocycles. The molecule has 1 aromatic carbocycles. The molecule has 1 atom stereocenters. The molecule has 1 aliphatic heterocycles. The number of rotatable bonds is 4. The molecule has 1 unspecified atom stereocenters. The van der Waals surface area contributed by atoms with Crippen LogP contribution in [0.15, 0.2) is 22.7 Å². The average molecular weight is 310 g/mol. The van der Waals surface area contributed by atoms with Crippen molar-refractivity contribution in [2.75, 3.05) is 13.2 Å². The van der Waals surface area contributed by atoms with Crippen LogP contribution in [0.25, 0.3) is 0 Å². The van der Waals surface area contributed by atoms with Crippen molar-refractivity contribution >= 4 is 15.9 Å². The molecule has 3 rings (SSSR count). The fraction of sp³-hybridized carbons (Fsp3) is 0.600. The minimum absolute atomic E-state index is 0.113. The predicted molar refractivity (Wildman–Crippen MR) is 76.9 cm³/mol. The van der Waals surface area contributed by atoms with E-state index in [1.807, 2.05) is 0 Å². The van der Waals surface area contributed by atoms with Crippen LogP contribution in [0.4, 0.5) is 0 Å². The molecule has 1 heterocycles. The van der Waals surface area contributed by atoms with E-state index in [-0.39, 0.29) is 5.54 Å². The van der Waals surface area contributed by atoms with E-state index in [2.05, 4.69) is 46.4 Å². The van der Waals surface area contributed by atoms with Crippen LogP contribution in [-0.4, -0.2) is 13.2 Å². The summed E-state index contributed by atoms with van der Waals surface area (Å²) in [6.45, 7) is 4.27. The average Bonchev–Trinajstić information content (AvgIpc) is 3.07. The van der Waals surface area contributed by atoms with Gasteiger partial charge in [0.1, 0.15) is 5.75 Å². The molecule has 98 valence electrons. The summed E-state index contributed by atoms with van der Waals surface area (Å²) in [6, 6.07) is 6.48. The zero-order valence-corrected chi connectivity index (χ0v) is 12.4. The second-order valence-corrected chi connectivity index (χ2v) is 6.71. The Balaban J connectivity index is 1.80. The van der Waals surface area contributed by atoms with Crippen molar-refractivity contribution in [2.45, 2.75) is 38.1 Å². The Kier molecular flexibility index (Phi) is 3.37. The summed E-state index contributed by atoms with van der Waals surface area (Å²) < 4.78 is 7.01. The van der Waals surface area contributed by atoms with Gasteiger partial charge in [0, 0.05) is 10.0 Å². The van der Waals surface area contributed by atoms with Gasteiger partial charge in [-0.15, -0.1) is 0 Å². The predicted octanol–water partition coefficient (Wildman–Crippen LogP) is 3.84. The van der Waals surface area contributed by atoms with E-state index in [1.54, 1.807) is 0 Å². The third kappa shape index (κ3) is 2.72. The number of ether oxygens (including phenoxy) is 1. The van der Waals surface area contributed by atoms with Gasteiger partial charge in [0.25, 0.3) is 0 Å². The molecular formula is C15H20BrNO. The molecule has 2 aliphatic rings. The lowest BCUT2D eigenvalue weighted by Gasteiger charge is -2.26. The minimum atomic E-state index is 0.113. The van der Waals surface area contributed by atoms with E-state index in [4.69, 9.17) is 4.74 Å². The van der Waals surface area contributed by atoms with E-state index in [9.17, 15) is 0 Å². The van der Waals surface area contributed by atoms with Gasteiger partial charge in [0.15, 0.2) is 0 Å². The van der Waals surface area contributed by atoms with Gasteiger partial charge in [-0.2, -0.15) is 0 Å². The zero-order valence-electron chi connectivity index (χ0n) is 10.8. The van der Waals surface area contributed by atoms with Gasteiger partial charge < -0.3 is 10.1 Å². The Morgan fingerprint density at radius 2 is 2.22 bits per heavy atom. The maximum atomic E-state index is 5.90. The Bertz CT molecular complexity index is 436. The highest BCUT2D eigenvalue weighted by molar-refractivity contribution is 9.10. The lowest BCUT2D eigenvalue weighted by molar-refractivity contribution is 0.298. The van der Waals surface area contributed by atoms with Crippen LogP contribution in [0.3, 0.4) is 0 Å². The minimum Gasteiger partial charge on any atom is -0.493 e. The van der Waals surface area contributed by atoms with Crippen LogP contribution in [0.1, 0.15) is 38.2 Å². The number of halogens is 1. The molecule has 1 aliphatic carbocycles. The molecule has 0 spiro atoms. The molecule has 3 heteroatoms. The molecule has 0 amide bonds. The molecule has 0 bridgehead atoms. The highest BCUT2D eigenvalue weighted by atomic mass is 79.9. The lowest BCUT2D eigenvalue weighted by Crippen LogP contribution is -2.33. The van der Waals surface area contributed by atoms with Crippen molar-refractivity contribution in [3.63, 3.8) is 0 Å². The Morgan fingerprint density at radius 3 is 2.89 bits per heavy atom. The Morgan fingerprint density at radius 1 is 1.39 bits per heavy atom. The molecular weight excluding hydrogens is 290 g/mol. The van der Waals surface area contributed by atoms with E-state index < -0.39 is 0 Å². The van der Waals surface area contributed by atoms with Crippen LogP contribution in [0, 0.1) is 5.92 Å². The molecule has 1 saturated carbocycles. The summed E-state index contributed by atoms with van der Waals surface area (Å²) in [6.07, 6.45) is 5.12. The third-order valence-electron chi connectivity index (χ3n) is 4.06. The van der Waals surface area contributed by atoms with Crippen LogP contribution in [0.5, 0.6) is 5.75 Å². The standard InChI is InChI=1S/C15H20BrNO/c1-15(5-2-6-17-15)12-7-13(16)9-14(8-12)18-10-11-3-4-11/h7-9,11,17H,2-6,10H2,1H3. The van der Waals surface area contributed by atoms with Crippen LogP contribution in [0.2, 0.25) is 0 Å². The van der Waals surface area contributed by atoms with Crippen LogP contribution in [-0.2, 0) is 5.54 Å². The smallest absolute Gasteiger partial charge is 0.120 e. The maximum absolute atomic E-state index is 5.90. The first kappa shape index (κ1) is 12.5. The van der Waals surface area contributed by atoms with E-state index in [0.717, 1.165) is 29.3 Å². The second-order valence-electron chi connectivity index (χ2n) is 5.79. The number of hydrogen-bond donors (Lipinski definition) is 1. The van der Waals surface area contributed by atoms with Gasteiger partial charge in [0.05, 0.1) is 6.61 Å². The van der Waals surface area contributed by atoms with E-state index >= 15 is 0 Å². The number of benzene rings is 1. The van der Waals surface area contributed by atoms with E-state index in [0.29, 0.717) is 0 Å². The highest BCUT2D eigenvalue weighted by Gasteiger charge is 2.30. The van der Waals surface area contributed by atoms with Gasteiger partial charge in [-0.3, -0.25) is 0 Å². The van der Waals surface area contributed by atoms with Crippen molar-refractivity contribution in [2.24, 2.45) is 5.92 Å². The van der Waals surface area contributed by atoms with Crippen molar-refractivity contribution in [1.29, 1.82) is 0 Å². The summed E-state index contributed by atoms with van der Waals surface area (Å²) in [5.41, 5.74) is 1.45. The first-order chi connectivity index (χ1) is 8.66. The van der Waals surface area contributed by atoms with Gasteiger partial charge in [-0.05, 0) is 68.8 Å². The summed E-state index contributed by atoms with van der Waals surface area (Å²) in [5.74, 6) is 1.80. The topological polar surface area (TPSA) is 21.3 Å². The second kappa shape index (κ2) is 4.86. The zero-order chi connectivity index (χ0) is 12.6. The normalized spacial score (nSPS) is 27.4. The highest BCUT2D eigenvalue weighted by Crippen LogP contribution is 2.35. The molecule has 1 N–H and O–H groups in total. The molecule has 2 nitrogen and oxygen atoms in total. The van der Waals surface area contributed by atoms with Gasteiger partial charge >= 0.3 is 0 Å². The molecule has 2 fully saturated rings. The summed E-state index contributed by atoms with van der Waals surface area (Å²) in [4.78, 5) is 0. The van der Waals surface area contributed by atoms with E-state index in [1.165, 1.54) is 31.2 Å². The molecule has 0 radical (unpaired) electrons. The van der Waals surface area contributed by atoms with Crippen LogP contribution < -0.4 is 10.1 Å². The SMILES string of the molecule is CC1(c2cc(Br)cc(OCC3CC3)c2)CCCN1. The lowest BCUT2D eigenvalue weighted by atomic mass is 9.90. The van der Waals surface area contributed by atoms with Crippen molar-refractivity contribution < 1.29 is 4.74 Å². The van der Waals surface area contributed by atoms with Crippen molar-refractivity contribution in [3.8, 4) is 5.75 Å². The van der Waals surface area contributed by atoms with Crippen molar-refractivity contribution in [1.82, 2.24) is 5.32 Å². The van der Waals surface area contributed by atoms with Gasteiger partial charge in [-0.1, -0.05) is 15.9 Å². The number of hydrogen-bond acceptors (Lipinski definition) is 2. The largest absolute Gasteiger partial charge is 0.493 e.